The van der Waals surface area contributed by atoms with Crippen LogP contribution in [0.4, 0.5) is 0 Å². The first kappa shape index (κ1) is 30.8. The minimum Gasteiger partial charge on any atom is -0.497 e. The number of thioether (sulfide) groups is 1. The van der Waals surface area contributed by atoms with Gasteiger partial charge in [-0.2, -0.15) is 0 Å². The number of nitrogens with two attached hydrogens (primary N) is 1. The van der Waals surface area contributed by atoms with Gasteiger partial charge in [0.1, 0.15) is 5.75 Å². The summed E-state index contributed by atoms with van der Waals surface area (Å²) in [6, 6.07) is 30.4. The fraction of sp³-hybridized carbons (Fsp3) is 0.441. The highest BCUT2D eigenvalue weighted by atomic mass is 32.2. The molecule has 3 rings (SSSR count). The number of unbranched alkanes of at least 4 members (excludes halogenated alkanes) is 7. The Morgan fingerprint density at radius 2 is 1.23 bits per heavy atom. The minimum absolute atomic E-state index is 0.165. The van der Waals surface area contributed by atoms with Crippen LogP contribution in [-0.2, 0) is 9.54 Å². The van der Waals surface area contributed by atoms with Gasteiger partial charge in [0.05, 0.1) is 11.9 Å². The van der Waals surface area contributed by atoms with Gasteiger partial charge in [-0.25, -0.2) is 0 Å². The fourth-order valence-corrected chi connectivity index (χ4v) is 6.58. The van der Waals surface area contributed by atoms with E-state index in [1.807, 2.05) is 11.8 Å². The van der Waals surface area contributed by atoms with Crippen LogP contribution in [0.25, 0.3) is 0 Å². The molecule has 0 aliphatic carbocycles. The Bertz CT molecular complexity index is 1020. The maximum Gasteiger partial charge on any atom is 0.219 e. The molecule has 3 aromatic carbocycles. The molecule has 0 unspecified atom stereocenters. The van der Waals surface area contributed by atoms with Crippen molar-refractivity contribution in [3.8, 4) is 5.75 Å². The summed E-state index contributed by atoms with van der Waals surface area (Å²) in [5.74, 6) is 2.14. The normalized spacial score (nSPS) is 11.3. The third-order valence-corrected chi connectivity index (χ3v) is 8.81. The second kappa shape index (κ2) is 17.8. The Morgan fingerprint density at radius 3 is 1.77 bits per heavy atom. The average molecular weight is 547 g/mol. The van der Waals surface area contributed by atoms with Gasteiger partial charge in [0.2, 0.25) is 5.91 Å². The van der Waals surface area contributed by atoms with Crippen LogP contribution in [0.2, 0.25) is 0 Å². The molecular formula is C34H46N2O2S. The number of hydrogen-bond acceptors (Lipinski definition) is 4. The quantitative estimate of drug-likeness (QED) is 0.119. The topological polar surface area (TPSA) is 64.3 Å². The van der Waals surface area contributed by atoms with Gasteiger partial charge in [0.15, 0.2) is 0 Å². The summed E-state index contributed by atoms with van der Waals surface area (Å²) >= 11 is 2.04. The summed E-state index contributed by atoms with van der Waals surface area (Å²) in [4.78, 5) is 11.8. The standard InChI is InChI=1S/C34H46N2O2S/c1-38-32-24-22-31(23-25-32)34(29-17-10-8-11-18-29,30-19-12-9-13-20-30)39-28-15-7-5-3-2-4-6-14-21-33(37)36-27-16-26-35/h8-13,17-20,22-25H,2-7,14-16,21,26-28,35H2,1H3,(H,36,37). The van der Waals surface area contributed by atoms with Crippen LogP contribution in [0.1, 0.15) is 80.9 Å². The summed E-state index contributed by atoms with van der Waals surface area (Å²) in [6.45, 7) is 1.33. The predicted molar refractivity (Wildman–Crippen MR) is 166 cm³/mol. The molecule has 210 valence electrons. The summed E-state index contributed by atoms with van der Waals surface area (Å²) < 4.78 is 5.19. The van der Waals surface area contributed by atoms with Crippen molar-refractivity contribution >= 4 is 17.7 Å². The van der Waals surface area contributed by atoms with Crippen LogP contribution >= 0.6 is 11.8 Å². The number of rotatable bonds is 19. The number of hydrogen-bond donors (Lipinski definition) is 2. The molecule has 5 heteroatoms. The van der Waals surface area contributed by atoms with Crippen LogP contribution in [0.5, 0.6) is 5.75 Å². The predicted octanol–water partition coefficient (Wildman–Crippen LogP) is 7.70. The van der Waals surface area contributed by atoms with Gasteiger partial charge in [0, 0.05) is 13.0 Å². The van der Waals surface area contributed by atoms with E-state index in [1.165, 1.54) is 55.2 Å². The number of ether oxygens (including phenoxy) is 1. The molecule has 4 nitrogen and oxygen atoms in total. The lowest BCUT2D eigenvalue weighted by Crippen LogP contribution is -2.26. The summed E-state index contributed by atoms with van der Waals surface area (Å²) in [5, 5.41) is 2.93. The highest BCUT2D eigenvalue weighted by Crippen LogP contribution is 2.49. The van der Waals surface area contributed by atoms with Gasteiger partial charge < -0.3 is 15.8 Å². The monoisotopic (exact) mass is 546 g/mol. The van der Waals surface area contributed by atoms with E-state index < -0.39 is 0 Å². The molecule has 0 saturated heterocycles. The molecule has 0 atom stereocenters. The summed E-state index contributed by atoms with van der Waals surface area (Å²) in [7, 11) is 1.72. The third kappa shape index (κ3) is 9.74. The molecule has 0 saturated carbocycles. The summed E-state index contributed by atoms with van der Waals surface area (Å²) in [6.07, 6.45) is 11.1. The van der Waals surface area contributed by atoms with E-state index in [-0.39, 0.29) is 10.7 Å². The van der Waals surface area contributed by atoms with E-state index in [4.69, 9.17) is 10.5 Å². The molecule has 0 aliphatic heterocycles. The molecule has 0 heterocycles. The van der Waals surface area contributed by atoms with Crippen molar-refractivity contribution in [3.63, 3.8) is 0 Å². The van der Waals surface area contributed by atoms with Crippen molar-refractivity contribution in [1.82, 2.24) is 5.32 Å². The number of carbonyl (C=O) groups excluding carboxylic acids is 1. The highest BCUT2D eigenvalue weighted by molar-refractivity contribution is 8.00. The molecular weight excluding hydrogens is 500 g/mol. The molecule has 0 aromatic heterocycles. The van der Waals surface area contributed by atoms with Crippen molar-refractivity contribution in [2.24, 2.45) is 5.73 Å². The largest absolute Gasteiger partial charge is 0.497 e. The molecule has 3 N–H and O–H groups in total. The van der Waals surface area contributed by atoms with Crippen molar-refractivity contribution < 1.29 is 9.53 Å². The molecule has 0 spiro atoms. The van der Waals surface area contributed by atoms with Crippen molar-refractivity contribution in [2.75, 3.05) is 26.0 Å². The van der Waals surface area contributed by atoms with Gasteiger partial charge in [-0.1, -0.05) is 111 Å². The fourth-order valence-electron chi connectivity index (χ4n) is 5.01. The Hall–Kier alpha value is -2.76. The average Bonchev–Trinajstić information content (AvgIpc) is 2.99. The molecule has 0 aliphatic rings. The highest BCUT2D eigenvalue weighted by Gasteiger charge is 2.36. The van der Waals surface area contributed by atoms with Gasteiger partial charge in [-0.3, -0.25) is 4.79 Å². The first-order chi connectivity index (χ1) is 19.2. The van der Waals surface area contributed by atoms with Gasteiger partial charge in [-0.15, -0.1) is 11.8 Å². The van der Waals surface area contributed by atoms with E-state index in [9.17, 15) is 4.79 Å². The maximum atomic E-state index is 11.8. The lowest BCUT2D eigenvalue weighted by atomic mass is 9.84. The van der Waals surface area contributed by atoms with E-state index in [0.717, 1.165) is 30.8 Å². The number of nitrogens with one attached hydrogen (secondary N) is 1. The van der Waals surface area contributed by atoms with Gasteiger partial charge >= 0.3 is 0 Å². The smallest absolute Gasteiger partial charge is 0.219 e. The number of benzene rings is 3. The van der Waals surface area contributed by atoms with Crippen molar-refractivity contribution in [1.29, 1.82) is 0 Å². The first-order valence-corrected chi connectivity index (χ1v) is 15.6. The maximum absolute atomic E-state index is 11.8. The Morgan fingerprint density at radius 1 is 0.718 bits per heavy atom. The lowest BCUT2D eigenvalue weighted by molar-refractivity contribution is -0.121. The van der Waals surface area contributed by atoms with Gasteiger partial charge in [0.25, 0.3) is 0 Å². The number of methoxy groups -OCH3 is 1. The van der Waals surface area contributed by atoms with Crippen LogP contribution < -0.4 is 15.8 Å². The van der Waals surface area contributed by atoms with Crippen LogP contribution in [0, 0.1) is 0 Å². The molecule has 39 heavy (non-hydrogen) atoms. The van der Waals surface area contributed by atoms with Crippen molar-refractivity contribution in [2.45, 2.75) is 69.0 Å². The van der Waals surface area contributed by atoms with Crippen molar-refractivity contribution in [3.05, 3.63) is 102 Å². The second-order valence-corrected chi connectivity index (χ2v) is 11.4. The zero-order valence-electron chi connectivity index (χ0n) is 23.6. The van der Waals surface area contributed by atoms with Crippen LogP contribution in [0.15, 0.2) is 84.9 Å². The van der Waals surface area contributed by atoms with E-state index in [1.54, 1.807) is 7.11 Å². The molecule has 0 fully saturated rings. The Balaban J connectivity index is 1.50. The molecule has 3 aromatic rings. The Labute approximate surface area is 240 Å². The zero-order chi connectivity index (χ0) is 27.6. The minimum atomic E-state index is -0.272. The second-order valence-electron chi connectivity index (χ2n) is 10.1. The lowest BCUT2D eigenvalue weighted by Gasteiger charge is -2.35. The number of carbonyl (C=O) groups is 1. The van der Waals surface area contributed by atoms with Crippen LogP contribution in [-0.4, -0.2) is 31.9 Å². The first-order valence-electron chi connectivity index (χ1n) is 14.6. The third-order valence-electron chi connectivity index (χ3n) is 7.18. The molecule has 0 radical (unpaired) electrons. The summed E-state index contributed by atoms with van der Waals surface area (Å²) in [5.41, 5.74) is 9.35. The zero-order valence-corrected chi connectivity index (χ0v) is 24.4. The van der Waals surface area contributed by atoms with E-state index >= 15 is 0 Å². The van der Waals surface area contributed by atoms with E-state index in [0.29, 0.717) is 19.5 Å². The Kier molecular flexibility index (Phi) is 14.0. The van der Waals surface area contributed by atoms with Gasteiger partial charge in [-0.05, 0) is 60.4 Å². The van der Waals surface area contributed by atoms with E-state index in [2.05, 4.69) is 90.2 Å². The number of amides is 1. The van der Waals surface area contributed by atoms with Crippen LogP contribution in [0.3, 0.4) is 0 Å². The molecule has 0 bridgehead atoms. The molecule has 1 amide bonds. The SMILES string of the molecule is COc1ccc(C(SCCCCCCCCCCC(=O)NCCCN)(c2ccccc2)c2ccccc2)cc1.